The molecule has 0 aromatic carbocycles. The SMILES string of the molecule is [C-]#[N+]/C=C/C=C(/C#N)C=C. The highest BCUT2D eigenvalue weighted by Gasteiger charge is 1.79. The lowest BCUT2D eigenvalue weighted by Gasteiger charge is -1.78. The molecule has 0 unspecified atom stereocenters. The molecular weight excluding hydrogens is 124 g/mol. The molecule has 0 fully saturated rings. The van der Waals surface area contributed by atoms with Crippen molar-refractivity contribution in [2.75, 3.05) is 0 Å². The van der Waals surface area contributed by atoms with Gasteiger partial charge in [-0.05, 0) is 0 Å². The Hall–Kier alpha value is -1.80. The fourth-order valence-corrected chi connectivity index (χ4v) is 0.341. The molecule has 48 valence electrons. The highest BCUT2D eigenvalue weighted by atomic mass is 14.6. The first-order chi connectivity index (χ1) is 4.85. The fourth-order valence-electron chi connectivity index (χ4n) is 0.341. The summed E-state index contributed by atoms with van der Waals surface area (Å²) in [5.74, 6) is 0. The van der Waals surface area contributed by atoms with Crippen molar-refractivity contribution in [1.29, 1.82) is 5.26 Å². The summed E-state index contributed by atoms with van der Waals surface area (Å²) in [5.41, 5.74) is 0.458. The molecule has 0 saturated heterocycles. The molecule has 0 saturated carbocycles. The van der Waals surface area contributed by atoms with Crippen molar-refractivity contribution in [3.63, 3.8) is 0 Å². The van der Waals surface area contributed by atoms with Crippen LogP contribution in [0.15, 0.2) is 36.6 Å². The standard InChI is InChI=1S/C8H6N2/c1-3-8(7-9)5-4-6-10-2/h3-6H,1H2/b6-4+,8-5+. The number of rotatable bonds is 2. The van der Waals surface area contributed by atoms with Crippen LogP contribution < -0.4 is 0 Å². The van der Waals surface area contributed by atoms with Gasteiger partial charge in [-0.25, -0.2) is 4.85 Å². The Kier molecular flexibility index (Phi) is 4.38. The van der Waals surface area contributed by atoms with Crippen LogP contribution in [0, 0.1) is 17.9 Å². The summed E-state index contributed by atoms with van der Waals surface area (Å²) in [6.45, 7) is 9.77. The van der Waals surface area contributed by atoms with Crippen molar-refractivity contribution >= 4 is 0 Å². The van der Waals surface area contributed by atoms with Gasteiger partial charge in [-0.15, -0.1) is 0 Å². The number of nitrogens with zero attached hydrogens (tertiary/aromatic N) is 2. The molecular formula is C8H6N2. The first-order valence-electron chi connectivity index (χ1n) is 2.61. The van der Waals surface area contributed by atoms with Crippen LogP contribution in [0.4, 0.5) is 0 Å². The lowest BCUT2D eigenvalue weighted by atomic mass is 10.3. The van der Waals surface area contributed by atoms with Crippen LogP contribution in [0.1, 0.15) is 0 Å². The second kappa shape index (κ2) is 5.34. The normalized spacial score (nSPS) is 10.4. The molecule has 0 rings (SSSR count). The van der Waals surface area contributed by atoms with Crippen molar-refractivity contribution in [2.45, 2.75) is 0 Å². The Labute approximate surface area is 60.2 Å². The average Bonchev–Trinajstić information content (AvgIpc) is 1.99. The summed E-state index contributed by atoms with van der Waals surface area (Å²) in [4.78, 5) is 2.96. The predicted molar refractivity (Wildman–Crippen MR) is 39.6 cm³/mol. The summed E-state index contributed by atoms with van der Waals surface area (Å²) in [6, 6.07) is 1.90. The number of nitriles is 1. The molecule has 0 aliphatic heterocycles. The molecule has 0 spiro atoms. The maximum absolute atomic E-state index is 8.32. The quantitative estimate of drug-likeness (QED) is 0.319. The summed E-state index contributed by atoms with van der Waals surface area (Å²) >= 11 is 0. The molecule has 0 atom stereocenters. The zero-order valence-electron chi connectivity index (χ0n) is 5.41. The third kappa shape index (κ3) is 3.23. The number of hydrogen-bond donors (Lipinski definition) is 0. The van der Waals surface area contributed by atoms with E-state index in [0.29, 0.717) is 5.57 Å². The van der Waals surface area contributed by atoms with Crippen LogP contribution >= 0.6 is 0 Å². The van der Waals surface area contributed by atoms with E-state index in [4.69, 9.17) is 11.8 Å². The van der Waals surface area contributed by atoms with Gasteiger partial charge in [0.25, 0.3) is 0 Å². The zero-order valence-corrected chi connectivity index (χ0v) is 5.41. The van der Waals surface area contributed by atoms with Crippen LogP contribution in [-0.4, -0.2) is 0 Å². The third-order valence-electron chi connectivity index (χ3n) is 0.785. The van der Waals surface area contributed by atoms with Gasteiger partial charge in [0.2, 0.25) is 0 Å². The third-order valence-corrected chi connectivity index (χ3v) is 0.785. The summed E-state index contributed by atoms with van der Waals surface area (Å²) < 4.78 is 0. The molecule has 0 heterocycles. The lowest BCUT2D eigenvalue weighted by Crippen LogP contribution is -1.65. The maximum Gasteiger partial charge on any atom is 0.154 e. The van der Waals surface area contributed by atoms with Crippen molar-refractivity contribution < 1.29 is 0 Å². The molecule has 2 heteroatoms. The molecule has 0 aromatic heterocycles. The van der Waals surface area contributed by atoms with Crippen LogP contribution in [0.2, 0.25) is 0 Å². The van der Waals surface area contributed by atoms with Crippen LogP contribution in [0.3, 0.4) is 0 Å². The molecule has 0 N–H and O–H groups in total. The highest BCUT2D eigenvalue weighted by Crippen LogP contribution is 1.92. The second-order valence-corrected chi connectivity index (χ2v) is 1.41. The van der Waals surface area contributed by atoms with E-state index in [-0.39, 0.29) is 0 Å². The van der Waals surface area contributed by atoms with Crippen LogP contribution in [0.5, 0.6) is 0 Å². The molecule has 2 nitrogen and oxygen atoms in total. The van der Waals surface area contributed by atoms with E-state index >= 15 is 0 Å². The molecule has 0 aliphatic rings. The van der Waals surface area contributed by atoms with Crippen LogP contribution in [0.25, 0.3) is 4.85 Å². The van der Waals surface area contributed by atoms with Crippen molar-refractivity contribution in [3.8, 4) is 6.07 Å². The molecule has 0 amide bonds. The number of hydrogen-bond acceptors (Lipinski definition) is 1. The van der Waals surface area contributed by atoms with Crippen molar-refractivity contribution in [3.05, 3.63) is 48.0 Å². The van der Waals surface area contributed by atoms with Gasteiger partial charge in [-0.2, -0.15) is 5.26 Å². The minimum absolute atomic E-state index is 0.458. The Morgan fingerprint density at radius 3 is 2.80 bits per heavy atom. The van der Waals surface area contributed by atoms with Gasteiger partial charge in [-0.1, -0.05) is 24.8 Å². The monoisotopic (exact) mass is 130 g/mol. The molecule has 0 aromatic rings. The largest absolute Gasteiger partial charge is 0.246 e. The minimum Gasteiger partial charge on any atom is -0.246 e. The second-order valence-electron chi connectivity index (χ2n) is 1.41. The summed E-state index contributed by atoms with van der Waals surface area (Å²) in [6.07, 6.45) is 5.76. The molecule has 0 bridgehead atoms. The maximum atomic E-state index is 8.32. The van der Waals surface area contributed by atoms with Gasteiger partial charge in [0.05, 0.1) is 18.2 Å². The Balaban J connectivity index is 4.19. The van der Waals surface area contributed by atoms with Gasteiger partial charge >= 0.3 is 0 Å². The van der Waals surface area contributed by atoms with Crippen LogP contribution in [-0.2, 0) is 0 Å². The molecule has 10 heavy (non-hydrogen) atoms. The van der Waals surface area contributed by atoms with E-state index in [1.54, 1.807) is 0 Å². The van der Waals surface area contributed by atoms with Gasteiger partial charge in [0.1, 0.15) is 0 Å². The van der Waals surface area contributed by atoms with Gasteiger partial charge in [0, 0.05) is 0 Å². The smallest absolute Gasteiger partial charge is 0.154 e. The van der Waals surface area contributed by atoms with Gasteiger partial charge < -0.3 is 0 Å². The summed E-state index contributed by atoms with van der Waals surface area (Å²) in [5, 5.41) is 8.32. The van der Waals surface area contributed by atoms with E-state index in [1.807, 2.05) is 6.07 Å². The Morgan fingerprint density at radius 1 is 1.70 bits per heavy atom. The Bertz CT molecular complexity index is 245. The van der Waals surface area contributed by atoms with E-state index in [0.717, 1.165) is 0 Å². The van der Waals surface area contributed by atoms with Crippen molar-refractivity contribution in [1.82, 2.24) is 0 Å². The van der Waals surface area contributed by atoms with E-state index in [2.05, 4.69) is 11.4 Å². The lowest BCUT2D eigenvalue weighted by molar-refractivity contribution is 1.50. The molecule has 0 radical (unpaired) electrons. The van der Waals surface area contributed by atoms with E-state index < -0.39 is 0 Å². The minimum atomic E-state index is 0.458. The Morgan fingerprint density at radius 2 is 2.40 bits per heavy atom. The van der Waals surface area contributed by atoms with E-state index in [1.165, 1.54) is 24.4 Å². The van der Waals surface area contributed by atoms with Gasteiger partial charge in [0.15, 0.2) is 6.20 Å². The zero-order chi connectivity index (χ0) is 7.82. The van der Waals surface area contributed by atoms with E-state index in [9.17, 15) is 0 Å². The average molecular weight is 130 g/mol. The number of allylic oxidation sites excluding steroid dienone is 4. The first-order valence-corrected chi connectivity index (χ1v) is 2.61. The van der Waals surface area contributed by atoms with Crippen molar-refractivity contribution in [2.24, 2.45) is 0 Å². The summed E-state index contributed by atoms with van der Waals surface area (Å²) in [7, 11) is 0. The predicted octanol–water partition coefficient (Wildman–Crippen LogP) is 2.06. The van der Waals surface area contributed by atoms with Gasteiger partial charge in [-0.3, -0.25) is 0 Å². The fraction of sp³-hybridized carbons (Fsp3) is 0. The topological polar surface area (TPSA) is 28.1 Å². The highest BCUT2D eigenvalue weighted by molar-refractivity contribution is 5.34. The first kappa shape index (κ1) is 8.20. The molecule has 0 aliphatic carbocycles.